The summed E-state index contributed by atoms with van der Waals surface area (Å²) >= 11 is 0. The average Bonchev–Trinajstić information content (AvgIpc) is 3.18. The number of amides is 1. The summed E-state index contributed by atoms with van der Waals surface area (Å²) in [4.78, 5) is 18.8. The standard InChI is InChI=1S/C23H29N5O/c24-13-12-23(29)25-15-20-5-3-4-14-27(20)16-18-8-10-19(11-9-18)28-17-26-21-6-1-2-7-22(21)28/h1-2,6-11,17,20H,3-5,12-16,24H2,(H,25,29). The van der Waals surface area contributed by atoms with Crippen molar-refractivity contribution in [2.24, 2.45) is 5.73 Å². The van der Waals surface area contributed by atoms with Gasteiger partial charge in [0.15, 0.2) is 0 Å². The zero-order valence-corrected chi connectivity index (χ0v) is 16.8. The Balaban J connectivity index is 1.42. The van der Waals surface area contributed by atoms with E-state index >= 15 is 0 Å². The van der Waals surface area contributed by atoms with Crippen LogP contribution in [-0.4, -0.2) is 46.0 Å². The van der Waals surface area contributed by atoms with Crippen molar-refractivity contribution in [3.8, 4) is 5.69 Å². The van der Waals surface area contributed by atoms with Crippen molar-refractivity contribution in [1.29, 1.82) is 0 Å². The molecular weight excluding hydrogens is 362 g/mol. The van der Waals surface area contributed by atoms with Gasteiger partial charge in [0.2, 0.25) is 5.91 Å². The molecule has 1 saturated heterocycles. The van der Waals surface area contributed by atoms with Crippen molar-refractivity contribution in [2.45, 2.75) is 38.3 Å². The molecule has 152 valence electrons. The summed E-state index contributed by atoms with van der Waals surface area (Å²) in [6.07, 6.45) is 5.84. The number of piperidine rings is 1. The molecule has 6 nitrogen and oxygen atoms in total. The lowest BCUT2D eigenvalue weighted by atomic mass is 10.0. The lowest BCUT2D eigenvalue weighted by Gasteiger charge is -2.36. The van der Waals surface area contributed by atoms with Gasteiger partial charge in [-0.25, -0.2) is 4.98 Å². The highest BCUT2D eigenvalue weighted by atomic mass is 16.1. The first kappa shape index (κ1) is 19.6. The molecule has 29 heavy (non-hydrogen) atoms. The van der Waals surface area contributed by atoms with Crippen LogP contribution >= 0.6 is 0 Å². The molecule has 0 radical (unpaired) electrons. The number of carbonyl (C=O) groups excluding carboxylic acids is 1. The van der Waals surface area contributed by atoms with E-state index < -0.39 is 0 Å². The van der Waals surface area contributed by atoms with Crippen molar-refractivity contribution in [1.82, 2.24) is 19.8 Å². The number of imidazole rings is 1. The molecule has 1 unspecified atom stereocenters. The van der Waals surface area contributed by atoms with E-state index in [-0.39, 0.29) is 5.91 Å². The largest absolute Gasteiger partial charge is 0.354 e. The Morgan fingerprint density at radius 1 is 1.14 bits per heavy atom. The van der Waals surface area contributed by atoms with Crippen molar-refractivity contribution >= 4 is 16.9 Å². The Morgan fingerprint density at radius 2 is 1.97 bits per heavy atom. The number of aromatic nitrogens is 2. The van der Waals surface area contributed by atoms with E-state index in [2.05, 4.69) is 50.1 Å². The first-order chi connectivity index (χ1) is 14.2. The minimum absolute atomic E-state index is 0.0509. The summed E-state index contributed by atoms with van der Waals surface area (Å²) in [5.41, 5.74) is 10.00. The molecule has 0 aliphatic carbocycles. The number of nitrogens with zero attached hydrogens (tertiary/aromatic N) is 3. The van der Waals surface area contributed by atoms with Crippen LogP contribution in [0.25, 0.3) is 16.7 Å². The normalized spacial score (nSPS) is 17.5. The monoisotopic (exact) mass is 391 g/mol. The number of hydrogen-bond acceptors (Lipinski definition) is 4. The van der Waals surface area contributed by atoms with Crippen LogP contribution < -0.4 is 11.1 Å². The number of likely N-dealkylation sites (tertiary alicyclic amines) is 1. The van der Waals surface area contributed by atoms with Crippen LogP contribution in [-0.2, 0) is 11.3 Å². The van der Waals surface area contributed by atoms with Gasteiger partial charge in [-0.15, -0.1) is 0 Å². The van der Waals surface area contributed by atoms with Gasteiger partial charge in [-0.1, -0.05) is 30.7 Å². The molecule has 0 saturated carbocycles. The number of para-hydroxylation sites is 2. The predicted molar refractivity (Wildman–Crippen MR) is 116 cm³/mol. The summed E-state index contributed by atoms with van der Waals surface area (Å²) < 4.78 is 2.12. The van der Waals surface area contributed by atoms with Crippen molar-refractivity contribution in [3.63, 3.8) is 0 Å². The molecule has 1 amide bonds. The fourth-order valence-corrected chi connectivity index (χ4v) is 4.11. The van der Waals surface area contributed by atoms with Crippen LogP contribution in [0.1, 0.15) is 31.2 Å². The van der Waals surface area contributed by atoms with E-state index in [9.17, 15) is 4.79 Å². The van der Waals surface area contributed by atoms with E-state index in [0.717, 1.165) is 36.2 Å². The Labute approximate surface area is 171 Å². The number of benzene rings is 2. The molecule has 3 aromatic rings. The Hall–Kier alpha value is -2.70. The van der Waals surface area contributed by atoms with Crippen LogP contribution in [0.5, 0.6) is 0 Å². The SMILES string of the molecule is NCCC(=O)NCC1CCCCN1Cc1ccc(-n2cnc3ccccc32)cc1. The Kier molecular flexibility index (Phi) is 6.22. The highest BCUT2D eigenvalue weighted by Gasteiger charge is 2.22. The highest BCUT2D eigenvalue weighted by Crippen LogP contribution is 2.22. The number of hydrogen-bond donors (Lipinski definition) is 2. The van der Waals surface area contributed by atoms with Crippen LogP contribution in [0.3, 0.4) is 0 Å². The average molecular weight is 392 g/mol. The number of fused-ring (bicyclic) bond motifs is 1. The molecule has 3 N–H and O–H groups in total. The lowest BCUT2D eigenvalue weighted by Crippen LogP contribution is -2.46. The van der Waals surface area contributed by atoms with E-state index in [1.165, 1.54) is 18.4 Å². The van der Waals surface area contributed by atoms with Crippen molar-refractivity contribution in [2.75, 3.05) is 19.6 Å². The summed E-state index contributed by atoms with van der Waals surface area (Å²) in [6.45, 7) is 3.09. The van der Waals surface area contributed by atoms with Gasteiger partial charge in [0.05, 0.1) is 11.0 Å². The van der Waals surface area contributed by atoms with E-state index in [4.69, 9.17) is 5.73 Å². The molecule has 1 aromatic heterocycles. The molecule has 1 aliphatic heterocycles. The van der Waals surface area contributed by atoms with E-state index in [1.807, 2.05) is 24.5 Å². The van der Waals surface area contributed by atoms with E-state index in [1.54, 1.807) is 0 Å². The quantitative estimate of drug-likeness (QED) is 0.649. The molecule has 1 atom stereocenters. The van der Waals surface area contributed by atoms with E-state index in [0.29, 0.717) is 25.6 Å². The summed E-state index contributed by atoms with van der Waals surface area (Å²) in [5, 5.41) is 3.04. The number of rotatable bonds is 7. The zero-order valence-electron chi connectivity index (χ0n) is 16.8. The minimum Gasteiger partial charge on any atom is -0.354 e. The van der Waals surface area contributed by atoms with Gasteiger partial charge in [0, 0.05) is 37.8 Å². The molecule has 2 heterocycles. The number of nitrogens with one attached hydrogen (secondary N) is 1. The molecule has 1 fully saturated rings. The smallest absolute Gasteiger partial charge is 0.221 e. The van der Waals surface area contributed by atoms with Crippen LogP contribution in [0.2, 0.25) is 0 Å². The summed E-state index contributed by atoms with van der Waals surface area (Å²) in [7, 11) is 0. The molecule has 0 spiro atoms. The van der Waals surface area contributed by atoms with Gasteiger partial charge >= 0.3 is 0 Å². The molecule has 6 heteroatoms. The maximum Gasteiger partial charge on any atom is 0.221 e. The van der Waals surface area contributed by atoms with Gasteiger partial charge in [-0.3, -0.25) is 14.3 Å². The minimum atomic E-state index is 0.0509. The number of nitrogens with two attached hydrogens (primary N) is 1. The van der Waals surface area contributed by atoms with Gasteiger partial charge in [0.25, 0.3) is 0 Å². The first-order valence-electron chi connectivity index (χ1n) is 10.5. The molecule has 4 rings (SSSR count). The Bertz CT molecular complexity index is 949. The molecule has 2 aromatic carbocycles. The van der Waals surface area contributed by atoms with Gasteiger partial charge in [0.1, 0.15) is 6.33 Å². The second-order valence-corrected chi connectivity index (χ2v) is 7.73. The summed E-state index contributed by atoms with van der Waals surface area (Å²) in [5.74, 6) is 0.0509. The predicted octanol–water partition coefficient (Wildman–Crippen LogP) is 2.85. The fourth-order valence-electron chi connectivity index (χ4n) is 4.11. The second-order valence-electron chi connectivity index (χ2n) is 7.73. The maximum absolute atomic E-state index is 11.8. The molecule has 0 bridgehead atoms. The first-order valence-corrected chi connectivity index (χ1v) is 10.5. The topological polar surface area (TPSA) is 76.2 Å². The zero-order chi connectivity index (χ0) is 20.1. The third-order valence-electron chi connectivity index (χ3n) is 5.71. The number of carbonyl (C=O) groups is 1. The van der Waals surface area contributed by atoms with Crippen LogP contribution in [0, 0.1) is 0 Å². The fraction of sp³-hybridized carbons (Fsp3) is 0.391. The highest BCUT2D eigenvalue weighted by molar-refractivity contribution is 5.77. The third kappa shape index (κ3) is 4.66. The van der Waals surface area contributed by atoms with Gasteiger partial charge < -0.3 is 11.1 Å². The second kappa shape index (κ2) is 9.20. The third-order valence-corrected chi connectivity index (χ3v) is 5.71. The van der Waals surface area contributed by atoms with Crippen molar-refractivity contribution < 1.29 is 4.79 Å². The summed E-state index contributed by atoms with van der Waals surface area (Å²) in [6, 6.07) is 17.3. The molecular formula is C23H29N5O. The van der Waals surface area contributed by atoms with Crippen LogP contribution in [0.4, 0.5) is 0 Å². The maximum atomic E-state index is 11.8. The van der Waals surface area contributed by atoms with Crippen LogP contribution in [0.15, 0.2) is 54.9 Å². The van der Waals surface area contributed by atoms with Crippen molar-refractivity contribution in [3.05, 3.63) is 60.4 Å². The van der Waals surface area contributed by atoms with Gasteiger partial charge in [-0.05, 0) is 49.2 Å². The van der Waals surface area contributed by atoms with Gasteiger partial charge in [-0.2, -0.15) is 0 Å². The lowest BCUT2D eigenvalue weighted by molar-refractivity contribution is -0.121. The molecule has 1 aliphatic rings. The Morgan fingerprint density at radius 3 is 2.79 bits per heavy atom.